The van der Waals surface area contributed by atoms with Crippen molar-refractivity contribution in [3.05, 3.63) is 0 Å². The van der Waals surface area contributed by atoms with Crippen LogP contribution in [0, 0.1) is 23.7 Å². The number of rotatable bonds is 3. The quantitative estimate of drug-likeness (QED) is 0.605. The lowest BCUT2D eigenvalue weighted by atomic mass is 10.0. The van der Waals surface area contributed by atoms with Crippen LogP contribution in [0.5, 0.6) is 0 Å². The van der Waals surface area contributed by atoms with Gasteiger partial charge in [-0.3, -0.25) is 0 Å². The zero-order valence-electron chi connectivity index (χ0n) is 7.65. The van der Waals surface area contributed by atoms with Gasteiger partial charge in [-0.2, -0.15) is 0 Å². The second-order valence-corrected chi connectivity index (χ2v) is 4.10. The van der Waals surface area contributed by atoms with Gasteiger partial charge in [0.25, 0.3) is 0 Å². The van der Waals surface area contributed by atoms with Gasteiger partial charge in [0.1, 0.15) is 0 Å². The maximum absolute atomic E-state index is 5.27. The van der Waals surface area contributed by atoms with Crippen LogP contribution in [-0.4, -0.2) is 13.1 Å². The topological polar surface area (TPSA) is 12.0 Å². The van der Waals surface area contributed by atoms with Gasteiger partial charge in [0.2, 0.25) is 0 Å². The molecule has 2 unspecified atom stereocenters. The van der Waals surface area contributed by atoms with Crippen LogP contribution in [0.3, 0.4) is 0 Å². The molecule has 1 aliphatic rings. The van der Waals surface area contributed by atoms with E-state index in [1.54, 1.807) is 0 Å². The monoisotopic (exact) mass is 151 g/mol. The second-order valence-electron chi connectivity index (χ2n) is 4.10. The SMILES string of the molecule is C#CCC(NC)C1CC1(C)C. The van der Waals surface area contributed by atoms with Gasteiger partial charge in [-0.1, -0.05) is 13.8 Å². The molecule has 1 heteroatoms. The highest BCUT2D eigenvalue weighted by atomic mass is 14.9. The lowest BCUT2D eigenvalue weighted by Crippen LogP contribution is -2.28. The van der Waals surface area contributed by atoms with Crippen LogP contribution < -0.4 is 5.32 Å². The molecule has 0 spiro atoms. The number of hydrogen-bond acceptors (Lipinski definition) is 1. The Kier molecular flexibility index (Phi) is 2.25. The fraction of sp³-hybridized carbons (Fsp3) is 0.800. The molecule has 0 aromatic heterocycles. The summed E-state index contributed by atoms with van der Waals surface area (Å²) in [4.78, 5) is 0. The van der Waals surface area contributed by atoms with Crippen molar-refractivity contribution in [2.24, 2.45) is 11.3 Å². The highest BCUT2D eigenvalue weighted by Crippen LogP contribution is 2.53. The molecule has 11 heavy (non-hydrogen) atoms. The lowest BCUT2D eigenvalue weighted by Gasteiger charge is -2.14. The molecule has 2 atom stereocenters. The minimum atomic E-state index is 0.532. The Morgan fingerprint density at radius 2 is 2.27 bits per heavy atom. The number of terminal acetylenes is 1. The summed E-state index contributed by atoms with van der Waals surface area (Å²) < 4.78 is 0. The standard InChI is InChI=1S/C10H17N/c1-5-6-9(11-4)8-7-10(8,2)3/h1,8-9,11H,6-7H2,2-4H3. The van der Waals surface area contributed by atoms with Crippen molar-refractivity contribution in [1.82, 2.24) is 5.32 Å². The van der Waals surface area contributed by atoms with Crippen molar-refractivity contribution in [2.45, 2.75) is 32.7 Å². The van der Waals surface area contributed by atoms with E-state index >= 15 is 0 Å². The number of hydrogen-bond donors (Lipinski definition) is 1. The summed E-state index contributed by atoms with van der Waals surface area (Å²) in [5.74, 6) is 3.51. The van der Waals surface area contributed by atoms with Gasteiger partial charge < -0.3 is 5.32 Å². The van der Waals surface area contributed by atoms with Crippen LogP contribution in [0.25, 0.3) is 0 Å². The Balaban J connectivity index is 2.41. The Morgan fingerprint density at radius 3 is 2.55 bits per heavy atom. The van der Waals surface area contributed by atoms with Gasteiger partial charge in [0.15, 0.2) is 0 Å². The maximum atomic E-state index is 5.27. The first kappa shape index (κ1) is 8.62. The van der Waals surface area contributed by atoms with E-state index in [1.807, 2.05) is 7.05 Å². The van der Waals surface area contributed by atoms with E-state index in [4.69, 9.17) is 6.42 Å². The van der Waals surface area contributed by atoms with Gasteiger partial charge >= 0.3 is 0 Å². The van der Waals surface area contributed by atoms with E-state index < -0.39 is 0 Å². The summed E-state index contributed by atoms with van der Waals surface area (Å²) in [6.45, 7) is 4.61. The van der Waals surface area contributed by atoms with E-state index in [0.29, 0.717) is 11.5 Å². The van der Waals surface area contributed by atoms with Crippen molar-refractivity contribution in [3.8, 4) is 12.3 Å². The van der Waals surface area contributed by atoms with Gasteiger partial charge in [-0.15, -0.1) is 12.3 Å². The molecule has 0 amide bonds. The van der Waals surface area contributed by atoms with Crippen molar-refractivity contribution in [1.29, 1.82) is 0 Å². The van der Waals surface area contributed by atoms with Gasteiger partial charge in [-0.25, -0.2) is 0 Å². The summed E-state index contributed by atoms with van der Waals surface area (Å²) >= 11 is 0. The third-order valence-corrected chi connectivity index (χ3v) is 2.78. The predicted octanol–water partition coefficient (Wildman–Crippen LogP) is 1.64. The van der Waals surface area contributed by atoms with Crippen molar-refractivity contribution in [3.63, 3.8) is 0 Å². The fourth-order valence-corrected chi connectivity index (χ4v) is 1.77. The van der Waals surface area contributed by atoms with Crippen LogP contribution in [0.2, 0.25) is 0 Å². The summed E-state index contributed by atoms with van der Waals surface area (Å²) in [7, 11) is 2.00. The van der Waals surface area contributed by atoms with Crippen LogP contribution >= 0.6 is 0 Å². The molecule has 1 nitrogen and oxygen atoms in total. The molecule has 0 bridgehead atoms. The lowest BCUT2D eigenvalue weighted by molar-refractivity contribution is 0.434. The Bertz CT molecular complexity index is 176. The van der Waals surface area contributed by atoms with Gasteiger partial charge in [0, 0.05) is 12.5 Å². The second kappa shape index (κ2) is 2.87. The molecule has 1 aliphatic carbocycles. The molecule has 0 radical (unpaired) electrons. The molecule has 1 saturated carbocycles. The molecule has 0 heterocycles. The minimum absolute atomic E-state index is 0.532. The van der Waals surface area contributed by atoms with E-state index in [-0.39, 0.29) is 0 Å². The summed E-state index contributed by atoms with van der Waals surface area (Å²) in [6, 6.07) is 0.537. The van der Waals surface area contributed by atoms with E-state index in [2.05, 4.69) is 25.1 Å². The molecule has 1 rings (SSSR count). The van der Waals surface area contributed by atoms with Crippen molar-refractivity contribution >= 4 is 0 Å². The van der Waals surface area contributed by atoms with Crippen molar-refractivity contribution in [2.75, 3.05) is 7.05 Å². The van der Waals surface area contributed by atoms with Crippen molar-refractivity contribution < 1.29 is 0 Å². The normalized spacial score (nSPS) is 29.1. The zero-order valence-corrected chi connectivity index (χ0v) is 7.65. The summed E-state index contributed by atoms with van der Waals surface area (Å²) in [6.07, 6.45) is 7.45. The van der Waals surface area contributed by atoms with E-state index in [9.17, 15) is 0 Å². The zero-order chi connectivity index (χ0) is 8.48. The molecule has 0 saturated heterocycles. The molecule has 62 valence electrons. The van der Waals surface area contributed by atoms with Crippen LogP contribution in [-0.2, 0) is 0 Å². The van der Waals surface area contributed by atoms with Gasteiger partial charge in [-0.05, 0) is 24.8 Å². The Labute approximate surface area is 69.6 Å². The molecule has 0 aromatic carbocycles. The van der Waals surface area contributed by atoms with Gasteiger partial charge in [0.05, 0.1) is 0 Å². The third kappa shape index (κ3) is 1.75. The van der Waals surface area contributed by atoms with Crippen LogP contribution in [0.15, 0.2) is 0 Å². The smallest absolute Gasteiger partial charge is 0.0243 e. The molecule has 1 N–H and O–H groups in total. The summed E-state index contributed by atoms with van der Waals surface area (Å²) in [5.41, 5.74) is 0.532. The first-order valence-electron chi connectivity index (χ1n) is 4.22. The average molecular weight is 151 g/mol. The van der Waals surface area contributed by atoms with Crippen LogP contribution in [0.1, 0.15) is 26.7 Å². The van der Waals surface area contributed by atoms with E-state index in [1.165, 1.54) is 6.42 Å². The molecule has 0 aromatic rings. The first-order chi connectivity index (χ1) is 5.11. The highest BCUT2D eigenvalue weighted by molar-refractivity contribution is 5.05. The predicted molar refractivity (Wildman–Crippen MR) is 48.2 cm³/mol. The van der Waals surface area contributed by atoms with Crippen LogP contribution in [0.4, 0.5) is 0 Å². The van der Waals surface area contributed by atoms with E-state index in [0.717, 1.165) is 12.3 Å². The summed E-state index contributed by atoms with van der Waals surface area (Å²) in [5, 5.41) is 3.28. The molecular weight excluding hydrogens is 134 g/mol. The molecule has 0 aliphatic heterocycles. The maximum Gasteiger partial charge on any atom is 0.0243 e. The fourth-order valence-electron chi connectivity index (χ4n) is 1.77. The number of nitrogens with one attached hydrogen (secondary N) is 1. The minimum Gasteiger partial charge on any atom is -0.316 e. The largest absolute Gasteiger partial charge is 0.316 e. The highest BCUT2D eigenvalue weighted by Gasteiger charge is 2.49. The molecular formula is C10H17N. The Hall–Kier alpha value is -0.480. The Morgan fingerprint density at radius 1 is 1.73 bits per heavy atom. The third-order valence-electron chi connectivity index (χ3n) is 2.78. The molecule has 1 fully saturated rings. The average Bonchev–Trinajstić information content (AvgIpc) is 2.55. The first-order valence-corrected chi connectivity index (χ1v) is 4.22.